The molecule has 1 atom stereocenters. The monoisotopic (exact) mass is 245 g/mol. The summed E-state index contributed by atoms with van der Waals surface area (Å²) in [5.74, 6) is 1.15. The number of anilines is 1. The Hall–Kier alpha value is -1.61. The predicted molar refractivity (Wildman–Crippen MR) is 72.8 cm³/mol. The minimum Gasteiger partial charge on any atom is -0.399 e. The summed E-state index contributed by atoms with van der Waals surface area (Å²) < 4.78 is 12.0. The fraction of sp³-hybridized carbons (Fsp3) is 0.143. The molecule has 0 unspecified atom stereocenters. The molecule has 88 valence electrons. The zero-order valence-electron chi connectivity index (χ0n) is 9.50. The van der Waals surface area contributed by atoms with Gasteiger partial charge in [-0.05, 0) is 23.3 Å². The van der Waals surface area contributed by atoms with Crippen molar-refractivity contribution in [2.45, 2.75) is 11.5 Å². The number of nitrogen functional groups attached to an aromatic ring is 1. The molecular formula is C14H15NOS. The highest BCUT2D eigenvalue weighted by Crippen LogP contribution is 2.11. The molecule has 2 N–H and O–H groups in total. The average Bonchev–Trinajstić information content (AvgIpc) is 2.30. The maximum absolute atomic E-state index is 12.0. The second-order valence-corrected chi connectivity index (χ2v) is 5.42. The SMILES string of the molecule is Nc1cccc(C[S@@](=O)Cc2ccccc2)c1. The van der Waals surface area contributed by atoms with E-state index in [0.29, 0.717) is 11.5 Å². The van der Waals surface area contributed by atoms with E-state index in [0.717, 1.165) is 16.8 Å². The van der Waals surface area contributed by atoms with E-state index >= 15 is 0 Å². The number of benzene rings is 2. The van der Waals surface area contributed by atoms with Crippen molar-refractivity contribution in [1.29, 1.82) is 0 Å². The molecule has 0 heterocycles. The second-order valence-electron chi connectivity index (χ2n) is 3.96. The van der Waals surface area contributed by atoms with Crippen LogP contribution in [-0.2, 0) is 22.3 Å². The molecule has 0 bridgehead atoms. The van der Waals surface area contributed by atoms with E-state index in [1.54, 1.807) is 0 Å². The highest BCUT2D eigenvalue weighted by molar-refractivity contribution is 7.83. The molecule has 0 saturated carbocycles. The molecule has 2 aromatic rings. The Morgan fingerprint density at radius 1 is 0.882 bits per heavy atom. The lowest BCUT2D eigenvalue weighted by Gasteiger charge is -2.03. The number of nitrogens with two attached hydrogens (primary N) is 1. The van der Waals surface area contributed by atoms with Crippen molar-refractivity contribution in [1.82, 2.24) is 0 Å². The molecule has 0 amide bonds. The highest BCUT2D eigenvalue weighted by atomic mass is 32.2. The molecule has 2 aromatic carbocycles. The van der Waals surface area contributed by atoms with E-state index in [2.05, 4.69) is 0 Å². The van der Waals surface area contributed by atoms with Crippen LogP contribution in [0.3, 0.4) is 0 Å². The lowest BCUT2D eigenvalue weighted by atomic mass is 10.2. The summed E-state index contributed by atoms with van der Waals surface area (Å²) in [5.41, 5.74) is 8.54. The summed E-state index contributed by atoms with van der Waals surface area (Å²) in [6.07, 6.45) is 0. The van der Waals surface area contributed by atoms with E-state index in [9.17, 15) is 4.21 Å². The van der Waals surface area contributed by atoms with Crippen LogP contribution in [-0.4, -0.2) is 4.21 Å². The van der Waals surface area contributed by atoms with Crippen molar-refractivity contribution in [3.63, 3.8) is 0 Å². The topological polar surface area (TPSA) is 43.1 Å². The van der Waals surface area contributed by atoms with Crippen molar-refractivity contribution >= 4 is 16.5 Å². The molecule has 0 aliphatic rings. The lowest BCUT2D eigenvalue weighted by molar-refractivity contribution is 0.682. The van der Waals surface area contributed by atoms with Gasteiger partial charge in [-0.3, -0.25) is 4.21 Å². The average molecular weight is 245 g/mol. The molecule has 2 rings (SSSR count). The van der Waals surface area contributed by atoms with Gasteiger partial charge in [0.1, 0.15) is 0 Å². The van der Waals surface area contributed by atoms with E-state index < -0.39 is 10.8 Å². The standard InChI is InChI=1S/C14H15NOS/c15-14-8-4-7-13(9-14)11-17(16)10-12-5-2-1-3-6-12/h1-9H,10-11,15H2/t17-/m0/s1. The van der Waals surface area contributed by atoms with Crippen LogP contribution in [0.15, 0.2) is 54.6 Å². The van der Waals surface area contributed by atoms with E-state index in [4.69, 9.17) is 5.73 Å². The fourth-order valence-electron chi connectivity index (χ4n) is 1.68. The van der Waals surface area contributed by atoms with Crippen LogP contribution in [0, 0.1) is 0 Å². The summed E-state index contributed by atoms with van der Waals surface area (Å²) in [6.45, 7) is 0. The molecule has 2 nitrogen and oxygen atoms in total. The largest absolute Gasteiger partial charge is 0.399 e. The molecule has 0 saturated heterocycles. The Morgan fingerprint density at radius 2 is 1.53 bits per heavy atom. The summed E-state index contributed by atoms with van der Waals surface area (Å²) in [5, 5.41) is 0. The third kappa shape index (κ3) is 3.71. The summed E-state index contributed by atoms with van der Waals surface area (Å²) in [4.78, 5) is 0. The summed E-state index contributed by atoms with van der Waals surface area (Å²) >= 11 is 0. The Morgan fingerprint density at radius 3 is 2.24 bits per heavy atom. The number of hydrogen-bond donors (Lipinski definition) is 1. The Kier molecular flexibility index (Phi) is 3.94. The summed E-state index contributed by atoms with van der Waals surface area (Å²) in [6, 6.07) is 17.5. The molecular weight excluding hydrogens is 230 g/mol. The van der Waals surface area contributed by atoms with Gasteiger partial charge in [-0.1, -0.05) is 42.5 Å². The van der Waals surface area contributed by atoms with E-state index in [1.165, 1.54) is 0 Å². The van der Waals surface area contributed by atoms with Gasteiger partial charge in [0.25, 0.3) is 0 Å². The normalized spacial score (nSPS) is 12.2. The number of rotatable bonds is 4. The van der Waals surface area contributed by atoms with Gasteiger partial charge < -0.3 is 5.73 Å². The van der Waals surface area contributed by atoms with Crippen LogP contribution < -0.4 is 5.73 Å². The Labute approximate surface area is 104 Å². The van der Waals surface area contributed by atoms with E-state index in [1.807, 2.05) is 54.6 Å². The zero-order chi connectivity index (χ0) is 12.1. The molecule has 0 fully saturated rings. The van der Waals surface area contributed by atoms with Crippen molar-refractivity contribution in [3.05, 3.63) is 65.7 Å². The molecule has 0 spiro atoms. The van der Waals surface area contributed by atoms with Gasteiger partial charge in [0.05, 0.1) is 0 Å². The van der Waals surface area contributed by atoms with Gasteiger partial charge >= 0.3 is 0 Å². The van der Waals surface area contributed by atoms with Crippen LogP contribution >= 0.6 is 0 Å². The first-order valence-corrected chi connectivity index (χ1v) is 6.96. The predicted octanol–water partition coefficient (Wildman–Crippen LogP) is 2.72. The third-order valence-electron chi connectivity index (χ3n) is 2.45. The van der Waals surface area contributed by atoms with Gasteiger partial charge in [-0.2, -0.15) is 0 Å². The Balaban J connectivity index is 1.98. The molecule has 3 heteroatoms. The zero-order valence-corrected chi connectivity index (χ0v) is 10.3. The maximum Gasteiger partial charge on any atom is 0.0489 e. The smallest absolute Gasteiger partial charge is 0.0489 e. The van der Waals surface area contributed by atoms with Gasteiger partial charge in [-0.25, -0.2) is 0 Å². The minimum atomic E-state index is -0.886. The van der Waals surface area contributed by atoms with Gasteiger partial charge in [0, 0.05) is 28.0 Å². The van der Waals surface area contributed by atoms with Crippen molar-refractivity contribution < 1.29 is 4.21 Å². The molecule has 0 aliphatic carbocycles. The van der Waals surface area contributed by atoms with Crippen molar-refractivity contribution in [2.24, 2.45) is 0 Å². The second kappa shape index (κ2) is 5.64. The maximum atomic E-state index is 12.0. The molecule has 0 aliphatic heterocycles. The van der Waals surface area contributed by atoms with Crippen LogP contribution in [0.1, 0.15) is 11.1 Å². The first-order chi connectivity index (χ1) is 8.24. The third-order valence-corrected chi connectivity index (χ3v) is 3.76. The minimum absolute atomic E-state index is 0.555. The summed E-state index contributed by atoms with van der Waals surface area (Å²) in [7, 11) is -0.886. The van der Waals surface area contributed by atoms with Crippen LogP contribution in [0.5, 0.6) is 0 Å². The molecule has 17 heavy (non-hydrogen) atoms. The molecule has 0 aromatic heterocycles. The van der Waals surface area contributed by atoms with Gasteiger partial charge in [0.2, 0.25) is 0 Å². The first kappa shape index (κ1) is 11.9. The number of hydrogen-bond acceptors (Lipinski definition) is 2. The highest BCUT2D eigenvalue weighted by Gasteiger charge is 2.03. The lowest BCUT2D eigenvalue weighted by Crippen LogP contribution is -2.00. The van der Waals surface area contributed by atoms with Crippen LogP contribution in [0.25, 0.3) is 0 Å². The van der Waals surface area contributed by atoms with E-state index in [-0.39, 0.29) is 0 Å². The van der Waals surface area contributed by atoms with Crippen LogP contribution in [0.4, 0.5) is 5.69 Å². The molecule has 0 radical (unpaired) electrons. The Bertz CT molecular complexity index is 511. The quantitative estimate of drug-likeness (QED) is 0.842. The first-order valence-electron chi connectivity index (χ1n) is 5.47. The van der Waals surface area contributed by atoms with Crippen LogP contribution in [0.2, 0.25) is 0 Å². The van der Waals surface area contributed by atoms with Gasteiger partial charge in [0.15, 0.2) is 0 Å². The fourth-order valence-corrected chi connectivity index (χ4v) is 2.90. The van der Waals surface area contributed by atoms with Crippen molar-refractivity contribution in [3.8, 4) is 0 Å². The van der Waals surface area contributed by atoms with Crippen molar-refractivity contribution in [2.75, 3.05) is 5.73 Å². The van der Waals surface area contributed by atoms with Gasteiger partial charge in [-0.15, -0.1) is 0 Å².